The molecule has 1 atom stereocenters. The molecule has 0 aliphatic rings. The molecule has 21 heavy (non-hydrogen) atoms. The van der Waals surface area contributed by atoms with Crippen LogP contribution in [0.3, 0.4) is 0 Å². The molecule has 0 aliphatic heterocycles. The maximum atomic E-state index is 12.1. The number of phenols is 1. The normalized spacial score (nSPS) is 12.0. The van der Waals surface area contributed by atoms with E-state index < -0.39 is 6.04 Å². The molecule has 0 bridgehead atoms. The summed E-state index contributed by atoms with van der Waals surface area (Å²) in [6.45, 7) is 0. The lowest BCUT2D eigenvalue weighted by molar-refractivity contribution is -0.117. The predicted octanol–water partition coefficient (Wildman–Crippen LogP) is 3.21. The van der Waals surface area contributed by atoms with E-state index in [1.807, 2.05) is 0 Å². The van der Waals surface area contributed by atoms with Gasteiger partial charge in [0.1, 0.15) is 5.75 Å². The molecule has 4 N–H and O–H groups in total. The molecule has 0 spiro atoms. The quantitative estimate of drug-likeness (QED) is 0.808. The summed E-state index contributed by atoms with van der Waals surface area (Å²) in [4.78, 5) is 12.1. The lowest BCUT2D eigenvalue weighted by Gasteiger charge is -2.13. The minimum absolute atomic E-state index is 0.169. The fourth-order valence-corrected chi connectivity index (χ4v) is 2.15. The van der Waals surface area contributed by atoms with E-state index in [0.717, 1.165) is 5.56 Å². The van der Waals surface area contributed by atoms with E-state index in [0.29, 0.717) is 17.1 Å². The summed E-state index contributed by atoms with van der Waals surface area (Å²) in [6.07, 6.45) is 0.351. The number of nitrogens with one attached hydrogen (secondary N) is 1. The van der Waals surface area contributed by atoms with Crippen LogP contribution in [0.4, 0.5) is 5.69 Å². The number of nitrogens with two attached hydrogens (primary N) is 1. The Labute approximate surface area is 132 Å². The van der Waals surface area contributed by atoms with Gasteiger partial charge in [0.05, 0.1) is 21.8 Å². The van der Waals surface area contributed by atoms with Crippen LogP contribution in [-0.4, -0.2) is 17.1 Å². The van der Waals surface area contributed by atoms with Crippen molar-refractivity contribution >= 4 is 34.8 Å². The molecule has 0 saturated heterocycles. The molecule has 0 aliphatic carbocycles. The van der Waals surface area contributed by atoms with Crippen molar-refractivity contribution in [2.45, 2.75) is 12.5 Å². The Kier molecular flexibility index (Phi) is 5.07. The molecular formula is C15H14Cl2N2O2. The van der Waals surface area contributed by atoms with Crippen LogP contribution in [0.25, 0.3) is 0 Å². The van der Waals surface area contributed by atoms with Gasteiger partial charge in [0.15, 0.2) is 0 Å². The maximum absolute atomic E-state index is 12.1. The minimum Gasteiger partial charge on any atom is -0.508 e. The van der Waals surface area contributed by atoms with Crippen molar-refractivity contribution in [1.29, 1.82) is 0 Å². The third-order valence-electron chi connectivity index (χ3n) is 2.94. The van der Waals surface area contributed by atoms with Gasteiger partial charge in [-0.25, -0.2) is 0 Å². The van der Waals surface area contributed by atoms with E-state index in [1.54, 1.807) is 42.5 Å². The molecular weight excluding hydrogens is 311 g/mol. The Morgan fingerprint density at radius 2 is 1.86 bits per heavy atom. The van der Waals surface area contributed by atoms with E-state index >= 15 is 0 Å². The zero-order valence-electron chi connectivity index (χ0n) is 11.0. The molecule has 110 valence electrons. The number of phenolic OH excluding ortho intramolecular Hbond substituents is 1. The number of hydrogen-bond donors (Lipinski definition) is 3. The van der Waals surface area contributed by atoms with E-state index in [1.165, 1.54) is 0 Å². The summed E-state index contributed by atoms with van der Waals surface area (Å²) in [5.41, 5.74) is 7.15. The average molecular weight is 325 g/mol. The van der Waals surface area contributed by atoms with Crippen molar-refractivity contribution in [3.63, 3.8) is 0 Å². The van der Waals surface area contributed by atoms with Gasteiger partial charge in [0.2, 0.25) is 5.91 Å². The maximum Gasteiger partial charge on any atom is 0.241 e. The van der Waals surface area contributed by atoms with E-state index in [4.69, 9.17) is 28.9 Å². The third kappa shape index (κ3) is 4.11. The second-order valence-corrected chi connectivity index (χ2v) is 5.35. The Morgan fingerprint density at radius 3 is 2.52 bits per heavy atom. The van der Waals surface area contributed by atoms with Gasteiger partial charge in [-0.15, -0.1) is 0 Å². The van der Waals surface area contributed by atoms with Crippen molar-refractivity contribution in [3.8, 4) is 5.75 Å². The average Bonchev–Trinajstić information content (AvgIpc) is 2.46. The Bertz CT molecular complexity index is 645. The number of amides is 1. The first-order chi connectivity index (χ1) is 9.97. The van der Waals surface area contributed by atoms with Gasteiger partial charge in [-0.05, 0) is 36.2 Å². The van der Waals surface area contributed by atoms with Gasteiger partial charge < -0.3 is 16.2 Å². The van der Waals surface area contributed by atoms with Gasteiger partial charge in [0, 0.05) is 0 Å². The first kappa shape index (κ1) is 15.6. The van der Waals surface area contributed by atoms with Crippen LogP contribution in [0, 0.1) is 0 Å². The van der Waals surface area contributed by atoms with E-state index in [-0.39, 0.29) is 16.7 Å². The number of carbonyl (C=O) groups excluding carboxylic acids is 1. The Morgan fingerprint density at radius 1 is 1.19 bits per heavy atom. The molecule has 2 rings (SSSR count). The molecule has 0 heterocycles. The van der Waals surface area contributed by atoms with Crippen molar-refractivity contribution in [2.24, 2.45) is 5.73 Å². The first-order valence-corrected chi connectivity index (χ1v) is 7.01. The fraction of sp³-hybridized carbons (Fsp3) is 0.133. The predicted molar refractivity (Wildman–Crippen MR) is 84.9 cm³/mol. The zero-order chi connectivity index (χ0) is 15.4. The van der Waals surface area contributed by atoms with Gasteiger partial charge >= 0.3 is 0 Å². The van der Waals surface area contributed by atoms with Gasteiger partial charge in [-0.3, -0.25) is 4.79 Å². The smallest absolute Gasteiger partial charge is 0.241 e. The molecule has 4 nitrogen and oxygen atoms in total. The van der Waals surface area contributed by atoms with Crippen LogP contribution in [0.15, 0.2) is 42.5 Å². The summed E-state index contributed by atoms with van der Waals surface area (Å²) in [5.74, 6) is -0.185. The van der Waals surface area contributed by atoms with E-state index in [9.17, 15) is 9.90 Å². The third-order valence-corrected chi connectivity index (χ3v) is 3.76. The highest BCUT2D eigenvalue weighted by molar-refractivity contribution is 6.44. The topological polar surface area (TPSA) is 75.3 Å². The molecule has 2 aromatic rings. The van der Waals surface area contributed by atoms with Crippen molar-refractivity contribution in [3.05, 3.63) is 58.1 Å². The van der Waals surface area contributed by atoms with Gasteiger partial charge in [-0.1, -0.05) is 41.4 Å². The molecule has 1 amide bonds. The van der Waals surface area contributed by atoms with Crippen LogP contribution >= 0.6 is 23.2 Å². The number of rotatable bonds is 4. The first-order valence-electron chi connectivity index (χ1n) is 6.25. The highest BCUT2D eigenvalue weighted by Crippen LogP contribution is 2.29. The molecule has 0 aromatic heterocycles. The minimum atomic E-state index is -0.732. The second-order valence-electron chi connectivity index (χ2n) is 4.57. The number of anilines is 1. The SMILES string of the molecule is NC(Cc1ccc(O)cc1)C(=O)Nc1cccc(Cl)c1Cl. The van der Waals surface area contributed by atoms with Crippen LogP contribution in [-0.2, 0) is 11.2 Å². The molecule has 6 heteroatoms. The van der Waals surface area contributed by atoms with Crippen molar-refractivity contribution in [1.82, 2.24) is 0 Å². The largest absolute Gasteiger partial charge is 0.508 e. The van der Waals surface area contributed by atoms with Gasteiger partial charge in [0.25, 0.3) is 0 Å². The Balaban J connectivity index is 2.02. The lowest BCUT2D eigenvalue weighted by atomic mass is 10.1. The summed E-state index contributed by atoms with van der Waals surface area (Å²) >= 11 is 11.9. The highest BCUT2D eigenvalue weighted by atomic mass is 35.5. The molecule has 0 fully saturated rings. The monoisotopic (exact) mass is 324 g/mol. The molecule has 0 saturated carbocycles. The molecule has 0 radical (unpaired) electrons. The summed E-state index contributed by atoms with van der Waals surface area (Å²) < 4.78 is 0. The Hall–Kier alpha value is -1.75. The number of hydrogen-bond acceptors (Lipinski definition) is 3. The van der Waals surface area contributed by atoms with Crippen LogP contribution < -0.4 is 11.1 Å². The van der Waals surface area contributed by atoms with Crippen LogP contribution in [0.5, 0.6) is 5.75 Å². The zero-order valence-corrected chi connectivity index (χ0v) is 12.5. The molecule has 2 aromatic carbocycles. The summed E-state index contributed by atoms with van der Waals surface area (Å²) in [5, 5.41) is 12.5. The highest BCUT2D eigenvalue weighted by Gasteiger charge is 2.16. The number of halogens is 2. The molecule has 1 unspecified atom stereocenters. The number of carbonyl (C=O) groups is 1. The number of aromatic hydroxyl groups is 1. The summed E-state index contributed by atoms with van der Waals surface area (Å²) in [6, 6.07) is 10.8. The van der Waals surface area contributed by atoms with Gasteiger partial charge in [-0.2, -0.15) is 0 Å². The second kappa shape index (κ2) is 6.80. The van der Waals surface area contributed by atoms with Crippen LogP contribution in [0.2, 0.25) is 10.0 Å². The van der Waals surface area contributed by atoms with Crippen molar-refractivity contribution < 1.29 is 9.90 Å². The number of benzene rings is 2. The fourth-order valence-electron chi connectivity index (χ4n) is 1.80. The lowest BCUT2D eigenvalue weighted by Crippen LogP contribution is -2.37. The van der Waals surface area contributed by atoms with Crippen LogP contribution in [0.1, 0.15) is 5.56 Å². The van der Waals surface area contributed by atoms with Crippen molar-refractivity contribution in [2.75, 3.05) is 5.32 Å². The standard InChI is InChI=1S/C15H14Cl2N2O2/c16-11-2-1-3-13(14(11)17)19-15(21)12(18)8-9-4-6-10(20)7-5-9/h1-7,12,20H,8,18H2,(H,19,21). The summed E-state index contributed by atoms with van der Waals surface area (Å²) in [7, 11) is 0. The van der Waals surface area contributed by atoms with E-state index in [2.05, 4.69) is 5.32 Å².